The average molecular weight is 445 g/mol. The fourth-order valence-electron chi connectivity index (χ4n) is 4.96. The largest absolute Gasteiger partial charge is 0.467 e. The van der Waals surface area contributed by atoms with Gasteiger partial charge in [0.05, 0.1) is 12.7 Å². The van der Waals surface area contributed by atoms with Crippen LogP contribution in [0.25, 0.3) is 0 Å². The molecule has 1 amide bonds. The molecule has 0 unspecified atom stereocenters. The summed E-state index contributed by atoms with van der Waals surface area (Å²) in [5, 5.41) is 2.89. The Morgan fingerprint density at radius 2 is 1.59 bits per heavy atom. The van der Waals surface area contributed by atoms with Gasteiger partial charge in [-0.2, -0.15) is 0 Å². The van der Waals surface area contributed by atoms with E-state index < -0.39 is 22.6 Å². The van der Waals surface area contributed by atoms with Crippen LogP contribution in [-0.2, 0) is 19.1 Å². The van der Waals surface area contributed by atoms with E-state index in [0.29, 0.717) is 30.5 Å². The highest BCUT2D eigenvalue weighted by atomic mass is 16.5. The van der Waals surface area contributed by atoms with Gasteiger partial charge in [-0.1, -0.05) is 24.3 Å². The first kappa shape index (κ1) is 25.6. The molecular weight excluding hydrogens is 408 g/mol. The fourth-order valence-corrected chi connectivity index (χ4v) is 4.96. The van der Waals surface area contributed by atoms with Gasteiger partial charge in [0.15, 0.2) is 0 Å². The SMILES string of the molecule is C=C(C)C(=O)NC1(C(=O)OC)CC(C)(C)N(CCOC(=O)c2ccc(C)cc2)C(C)(C)C1. The molecule has 0 bridgehead atoms. The van der Waals surface area contributed by atoms with Crippen molar-refractivity contribution in [1.82, 2.24) is 10.2 Å². The molecular formula is C25H36N2O5. The number of nitrogens with one attached hydrogen (secondary N) is 1. The van der Waals surface area contributed by atoms with Crippen LogP contribution in [0, 0.1) is 6.92 Å². The Labute approximate surface area is 191 Å². The molecule has 1 N–H and O–H groups in total. The Bertz CT molecular complexity index is 868. The van der Waals surface area contributed by atoms with E-state index in [0.717, 1.165) is 5.56 Å². The highest BCUT2D eigenvalue weighted by Gasteiger charge is 2.57. The summed E-state index contributed by atoms with van der Waals surface area (Å²) in [4.78, 5) is 39.9. The Hall–Kier alpha value is -2.67. The molecule has 1 saturated heterocycles. The number of amides is 1. The van der Waals surface area contributed by atoms with Crippen molar-refractivity contribution in [3.63, 3.8) is 0 Å². The van der Waals surface area contributed by atoms with E-state index in [1.54, 1.807) is 19.1 Å². The number of benzene rings is 1. The van der Waals surface area contributed by atoms with Crippen molar-refractivity contribution in [2.24, 2.45) is 0 Å². The second-order valence-electron chi connectivity index (χ2n) is 9.94. The van der Waals surface area contributed by atoms with Gasteiger partial charge in [0.25, 0.3) is 0 Å². The van der Waals surface area contributed by atoms with Crippen LogP contribution in [0.15, 0.2) is 36.4 Å². The molecule has 1 aliphatic rings. The van der Waals surface area contributed by atoms with Gasteiger partial charge in [-0.15, -0.1) is 0 Å². The minimum atomic E-state index is -1.17. The minimum absolute atomic E-state index is 0.211. The molecule has 7 nitrogen and oxygen atoms in total. The molecule has 0 aromatic heterocycles. The fraction of sp³-hybridized carbons (Fsp3) is 0.560. The molecule has 2 rings (SSSR count). The lowest BCUT2D eigenvalue weighted by Crippen LogP contribution is -2.72. The maximum atomic E-state index is 12.9. The molecule has 176 valence electrons. The van der Waals surface area contributed by atoms with Crippen LogP contribution in [0.3, 0.4) is 0 Å². The first-order chi connectivity index (χ1) is 14.7. The van der Waals surface area contributed by atoms with Crippen molar-refractivity contribution in [3.8, 4) is 0 Å². The highest BCUT2D eigenvalue weighted by molar-refractivity contribution is 5.97. The summed E-state index contributed by atoms with van der Waals surface area (Å²) in [5.41, 5.74) is -0.240. The predicted molar refractivity (Wildman–Crippen MR) is 123 cm³/mol. The van der Waals surface area contributed by atoms with Crippen molar-refractivity contribution < 1.29 is 23.9 Å². The maximum Gasteiger partial charge on any atom is 0.338 e. The molecule has 0 saturated carbocycles. The lowest BCUT2D eigenvalue weighted by Gasteiger charge is -2.58. The molecule has 1 heterocycles. The van der Waals surface area contributed by atoms with Gasteiger partial charge < -0.3 is 14.8 Å². The second-order valence-corrected chi connectivity index (χ2v) is 9.94. The summed E-state index contributed by atoms with van der Waals surface area (Å²) in [6.45, 7) is 16.0. The van der Waals surface area contributed by atoms with Crippen LogP contribution in [0.4, 0.5) is 0 Å². The maximum absolute atomic E-state index is 12.9. The van der Waals surface area contributed by atoms with E-state index in [1.807, 2.05) is 46.8 Å². The first-order valence-corrected chi connectivity index (χ1v) is 10.8. The standard InChI is InChI=1S/C25H36N2O5/c1-17(2)20(28)26-25(22(30)31-8)15-23(4,5)27(24(6,7)16-25)13-14-32-21(29)19-11-9-18(3)10-12-19/h9-12H,1,13-16H2,2-8H3,(H,26,28). The van der Waals surface area contributed by atoms with Gasteiger partial charge in [-0.3, -0.25) is 9.69 Å². The van der Waals surface area contributed by atoms with Crippen molar-refractivity contribution in [3.05, 3.63) is 47.5 Å². The van der Waals surface area contributed by atoms with Gasteiger partial charge in [0.1, 0.15) is 12.1 Å². The number of esters is 2. The van der Waals surface area contributed by atoms with E-state index in [2.05, 4.69) is 16.8 Å². The molecule has 0 spiro atoms. The number of ether oxygens (including phenoxy) is 2. The van der Waals surface area contributed by atoms with Gasteiger partial charge in [0.2, 0.25) is 5.91 Å². The van der Waals surface area contributed by atoms with Gasteiger partial charge in [0, 0.05) is 23.2 Å². The van der Waals surface area contributed by atoms with Crippen LogP contribution >= 0.6 is 0 Å². The number of methoxy groups -OCH3 is 1. The zero-order chi connectivity index (χ0) is 24.3. The Morgan fingerprint density at radius 3 is 2.06 bits per heavy atom. The number of carbonyl (C=O) groups is 3. The number of carbonyl (C=O) groups excluding carboxylic acids is 3. The van der Waals surface area contributed by atoms with E-state index in [1.165, 1.54) is 7.11 Å². The molecule has 1 fully saturated rings. The predicted octanol–water partition coefficient (Wildman–Crippen LogP) is 3.41. The third-order valence-electron chi connectivity index (χ3n) is 6.08. The molecule has 1 aromatic carbocycles. The number of nitrogens with zero attached hydrogens (tertiary/aromatic N) is 1. The van der Waals surface area contributed by atoms with Gasteiger partial charge in [-0.25, -0.2) is 9.59 Å². The van der Waals surface area contributed by atoms with Crippen LogP contribution in [0.5, 0.6) is 0 Å². The zero-order valence-electron chi connectivity index (χ0n) is 20.3. The third kappa shape index (κ3) is 5.57. The van der Waals surface area contributed by atoms with Crippen LogP contribution < -0.4 is 5.32 Å². The molecule has 1 aromatic rings. The number of hydrogen-bond donors (Lipinski definition) is 1. The van der Waals surface area contributed by atoms with Crippen molar-refractivity contribution >= 4 is 17.8 Å². The number of piperidine rings is 1. The molecule has 0 radical (unpaired) electrons. The lowest BCUT2D eigenvalue weighted by molar-refractivity contribution is -0.162. The van der Waals surface area contributed by atoms with Gasteiger partial charge in [-0.05, 0) is 66.5 Å². The number of hydrogen-bond acceptors (Lipinski definition) is 6. The summed E-state index contributed by atoms with van der Waals surface area (Å²) in [7, 11) is 1.33. The molecule has 0 atom stereocenters. The number of rotatable bonds is 7. The average Bonchev–Trinajstić information content (AvgIpc) is 2.68. The van der Waals surface area contributed by atoms with Crippen molar-refractivity contribution in [2.75, 3.05) is 20.3 Å². The Kier molecular flexibility index (Phi) is 7.55. The van der Waals surface area contributed by atoms with E-state index in [9.17, 15) is 14.4 Å². The Balaban J connectivity index is 2.18. The number of aryl methyl sites for hydroxylation is 1. The summed E-state index contributed by atoms with van der Waals surface area (Å²) in [6.07, 6.45) is 0.696. The summed E-state index contributed by atoms with van der Waals surface area (Å²) in [5.74, 6) is -1.21. The molecule has 32 heavy (non-hydrogen) atoms. The normalized spacial score (nSPS) is 19.0. The Morgan fingerprint density at radius 1 is 1.06 bits per heavy atom. The van der Waals surface area contributed by atoms with E-state index in [4.69, 9.17) is 9.47 Å². The topological polar surface area (TPSA) is 84.9 Å². The first-order valence-electron chi connectivity index (χ1n) is 10.8. The third-order valence-corrected chi connectivity index (χ3v) is 6.08. The molecule has 7 heteroatoms. The molecule has 0 aliphatic carbocycles. The minimum Gasteiger partial charge on any atom is -0.467 e. The van der Waals surface area contributed by atoms with E-state index >= 15 is 0 Å². The summed E-state index contributed by atoms with van der Waals surface area (Å²) < 4.78 is 10.6. The number of likely N-dealkylation sites (tertiary alicyclic amines) is 1. The van der Waals surface area contributed by atoms with Gasteiger partial charge >= 0.3 is 11.9 Å². The highest BCUT2D eigenvalue weighted by Crippen LogP contribution is 2.44. The lowest BCUT2D eigenvalue weighted by atomic mass is 9.68. The quantitative estimate of drug-likeness (QED) is 0.512. The van der Waals surface area contributed by atoms with Crippen LogP contribution in [0.2, 0.25) is 0 Å². The summed E-state index contributed by atoms with van der Waals surface area (Å²) >= 11 is 0. The van der Waals surface area contributed by atoms with Crippen molar-refractivity contribution in [2.45, 2.75) is 71.0 Å². The van der Waals surface area contributed by atoms with Crippen LogP contribution in [0.1, 0.15) is 63.4 Å². The van der Waals surface area contributed by atoms with Crippen molar-refractivity contribution in [1.29, 1.82) is 0 Å². The monoisotopic (exact) mass is 444 g/mol. The van der Waals surface area contributed by atoms with Crippen LogP contribution in [-0.4, -0.2) is 59.6 Å². The smallest absolute Gasteiger partial charge is 0.338 e. The van der Waals surface area contributed by atoms with E-state index in [-0.39, 0.29) is 18.5 Å². The second kappa shape index (κ2) is 9.45. The zero-order valence-corrected chi connectivity index (χ0v) is 20.3. The summed E-state index contributed by atoms with van der Waals surface area (Å²) in [6, 6.07) is 7.25. The molecule has 1 aliphatic heterocycles.